The van der Waals surface area contributed by atoms with Crippen molar-refractivity contribution in [3.05, 3.63) is 91.2 Å². The highest BCUT2D eigenvalue weighted by Crippen LogP contribution is 2.42. The van der Waals surface area contributed by atoms with E-state index in [-0.39, 0.29) is 46.3 Å². The van der Waals surface area contributed by atoms with E-state index in [9.17, 15) is 28.8 Å². The molecule has 2 atom stereocenters. The number of fused-ring (bicyclic) bond motifs is 8. The van der Waals surface area contributed by atoms with Gasteiger partial charge in [-0.05, 0) is 73.9 Å². The standard InChI is InChI=1S/C70H90N4O6S2/c1-5-9-13-17-21-23-27-31-35-47(33-29-25-19-15-11-7-3)45-73-67(77)51-39-37-49(41-57(51)69(73)79)65-71-59-61(75)53-44-56-54(43-55(53)63(59)81-65)62(76)60-64(56)82-66(72-60)50-38-40-52-58(42-50)70(80)74(68(52)78)46-48(34-30-26-20-16-12-8-4)36-32-28-24-22-18-14-10-6-2/h37-44,47-48H,5-36,45-46H2,1-4H3. The molecule has 0 N–H and O–H groups in total. The van der Waals surface area contributed by atoms with E-state index < -0.39 is 0 Å². The number of benzene rings is 3. The molecule has 0 spiro atoms. The average molecular weight is 1150 g/mol. The summed E-state index contributed by atoms with van der Waals surface area (Å²) in [5.41, 5.74) is 3.09. The van der Waals surface area contributed by atoms with Crippen LogP contribution in [0.25, 0.3) is 63.1 Å². The van der Waals surface area contributed by atoms with Crippen molar-refractivity contribution in [2.75, 3.05) is 13.1 Å². The molecule has 2 aliphatic heterocycles. The molecule has 0 saturated carbocycles. The fraction of sp³-hybridized carbons (Fsp3) is 0.571. The number of aromatic nitrogens is 2. The minimum atomic E-state index is -0.261. The Hall–Kier alpha value is -5.46. The van der Waals surface area contributed by atoms with Crippen LogP contribution in [0.3, 0.4) is 0 Å². The molecule has 10 nitrogen and oxygen atoms in total. The lowest BCUT2D eigenvalue weighted by Gasteiger charge is -2.23. The summed E-state index contributed by atoms with van der Waals surface area (Å²) in [5.74, 6) is -0.452. The molecular formula is C70H90N4O6S2. The maximum atomic E-state index is 14.2. The highest BCUT2D eigenvalue weighted by Gasteiger charge is 2.39. The van der Waals surface area contributed by atoms with Crippen LogP contribution in [0.5, 0.6) is 0 Å². The number of imide groups is 2. The zero-order valence-electron chi connectivity index (χ0n) is 49.9. The molecule has 2 aliphatic rings. The Morgan fingerprint density at radius 3 is 0.963 bits per heavy atom. The Morgan fingerprint density at radius 2 is 0.646 bits per heavy atom. The summed E-state index contributed by atoms with van der Waals surface area (Å²) in [6, 6.07) is 14.3. The van der Waals surface area contributed by atoms with Crippen molar-refractivity contribution in [3.8, 4) is 21.1 Å². The number of carbonyl (C=O) groups excluding carboxylic acids is 4. The van der Waals surface area contributed by atoms with Gasteiger partial charge >= 0.3 is 0 Å². The Kier molecular flexibility index (Phi) is 22.3. The van der Waals surface area contributed by atoms with E-state index in [4.69, 9.17) is 9.97 Å². The fourth-order valence-electron chi connectivity index (χ4n) is 13.1. The van der Waals surface area contributed by atoms with E-state index in [1.165, 1.54) is 187 Å². The first-order chi connectivity index (χ1) is 40.1. The first-order valence-electron chi connectivity index (χ1n) is 32.4. The number of rotatable bonds is 38. The molecule has 7 aromatic rings. The van der Waals surface area contributed by atoms with Gasteiger partial charge in [-0.2, -0.15) is 0 Å². The molecule has 0 bridgehead atoms. The lowest BCUT2D eigenvalue weighted by atomic mass is 9.93. The van der Waals surface area contributed by atoms with E-state index in [1.807, 2.05) is 12.1 Å². The first-order valence-corrected chi connectivity index (χ1v) is 34.0. The molecule has 438 valence electrons. The van der Waals surface area contributed by atoms with Gasteiger partial charge in [-0.15, -0.1) is 22.7 Å². The summed E-state index contributed by atoms with van der Waals surface area (Å²) in [6.45, 7) is 9.84. The summed E-state index contributed by atoms with van der Waals surface area (Å²) in [5, 5.41) is 3.39. The molecular weight excluding hydrogens is 1060 g/mol. The molecule has 4 heterocycles. The van der Waals surface area contributed by atoms with Crippen molar-refractivity contribution in [1.82, 2.24) is 19.8 Å². The predicted molar refractivity (Wildman–Crippen MR) is 342 cm³/mol. The highest BCUT2D eigenvalue weighted by molar-refractivity contribution is 7.23. The number of carbonyl (C=O) groups is 4. The predicted octanol–water partition coefficient (Wildman–Crippen LogP) is 19.1. The summed E-state index contributed by atoms with van der Waals surface area (Å²) in [4.78, 5) is 97.3. The van der Waals surface area contributed by atoms with Crippen LogP contribution in [-0.2, 0) is 0 Å². The second-order valence-electron chi connectivity index (χ2n) is 24.3. The number of nitrogens with zero attached hydrogens (tertiary/aromatic N) is 4. The van der Waals surface area contributed by atoms with Gasteiger partial charge < -0.3 is 0 Å². The largest absolute Gasteiger partial charge is 0.287 e. The molecule has 9 rings (SSSR count). The lowest BCUT2D eigenvalue weighted by Crippen LogP contribution is -2.34. The van der Waals surface area contributed by atoms with E-state index >= 15 is 0 Å². The van der Waals surface area contributed by atoms with Gasteiger partial charge in [0.2, 0.25) is 10.9 Å². The van der Waals surface area contributed by atoms with E-state index in [2.05, 4.69) is 27.7 Å². The quantitative estimate of drug-likeness (QED) is 0.0276. The van der Waals surface area contributed by atoms with Gasteiger partial charge in [0.05, 0.1) is 31.7 Å². The number of unbranched alkanes of at least 4 members (excludes halogenated alkanes) is 24. The molecule has 5 aromatic carbocycles. The van der Waals surface area contributed by atoms with E-state index in [0.717, 1.165) is 51.4 Å². The lowest BCUT2D eigenvalue weighted by molar-refractivity contribution is 0.0607. The minimum Gasteiger partial charge on any atom is -0.287 e. The average Bonchev–Trinajstić information content (AvgIpc) is 2.75. The Bertz CT molecular complexity index is 3190. The monoisotopic (exact) mass is 1150 g/mol. The Labute approximate surface area is 495 Å². The van der Waals surface area contributed by atoms with Crippen LogP contribution in [0.2, 0.25) is 0 Å². The third-order valence-electron chi connectivity index (χ3n) is 18.0. The SMILES string of the molecule is CCCCCCCCCCC(CCCCCCCC)CN1C(=O)c2ccc(-c3nc4c(=O)c5cc6c(cc5c4s3)c(=O)c3nc(-c4ccc5c(c4)C(=O)N(CC(CCCCCCCC)CCCCCCCCCC)C5=O)sc36)cc2C1=O. The molecule has 0 saturated heterocycles. The van der Waals surface area contributed by atoms with E-state index in [0.29, 0.717) is 98.5 Å². The van der Waals surface area contributed by atoms with Gasteiger partial charge in [0.1, 0.15) is 21.0 Å². The van der Waals surface area contributed by atoms with Crippen LogP contribution in [0.1, 0.15) is 275 Å². The second kappa shape index (κ2) is 29.9. The number of amides is 4. The van der Waals surface area contributed by atoms with Crippen molar-refractivity contribution < 1.29 is 19.2 Å². The number of thiazole rings is 2. The van der Waals surface area contributed by atoms with Gasteiger partial charge in [-0.3, -0.25) is 38.6 Å². The first kappa shape index (κ1) is 61.1. The second-order valence-corrected chi connectivity index (χ2v) is 26.3. The zero-order valence-corrected chi connectivity index (χ0v) is 51.5. The van der Waals surface area contributed by atoms with Crippen molar-refractivity contribution in [2.24, 2.45) is 11.8 Å². The molecule has 0 fully saturated rings. The summed E-state index contributed by atoms with van der Waals surface area (Å²) in [6.07, 6.45) is 38.6. The van der Waals surface area contributed by atoms with Crippen molar-refractivity contribution in [3.63, 3.8) is 0 Å². The van der Waals surface area contributed by atoms with Crippen LogP contribution >= 0.6 is 22.7 Å². The summed E-state index contributed by atoms with van der Waals surface area (Å²) >= 11 is 2.71. The molecule has 2 unspecified atom stereocenters. The van der Waals surface area contributed by atoms with Crippen LogP contribution < -0.4 is 10.9 Å². The van der Waals surface area contributed by atoms with Gasteiger partial charge in [-0.1, -0.05) is 220 Å². The molecule has 4 amide bonds. The van der Waals surface area contributed by atoms with Gasteiger partial charge in [0.25, 0.3) is 23.6 Å². The molecule has 12 heteroatoms. The van der Waals surface area contributed by atoms with Gasteiger partial charge in [-0.25, -0.2) is 9.97 Å². The van der Waals surface area contributed by atoms with Crippen LogP contribution in [0, 0.1) is 11.8 Å². The maximum Gasteiger partial charge on any atom is 0.261 e. The molecule has 82 heavy (non-hydrogen) atoms. The zero-order chi connectivity index (χ0) is 57.5. The minimum absolute atomic E-state index is 0.231. The Balaban J connectivity index is 0.883. The smallest absolute Gasteiger partial charge is 0.261 e. The topological polar surface area (TPSA) is 135 Å². The summed E-state index contributed by atoms with van der Waals surface area (Å²) < 4.78 is 1.34. The van der Waals surface area contributed by atoms with Crippen molar-refractivity contribution >= 4 is 88.3 Å². The third kappa shape index (κ3) is 14.2. The van der Waals surface area contributed by atoms with Crippen molar-refractivity contribution in [1.29, 1.82) is 0 Å². The Morgan fingerprint density at radius 1 is 0.354 bits per heavy atom. The third-order valence-corrected chi connectivity index (χ3v) is 20.3. The molecule has 0 radical (unpaired) electrons. The van der Waals surface area contributed by atoms with Crippen molar-refractivity contribution in [2.45, 2.75) is 233 Å². The number of hydrogen-bond acceptors (Lipinski definition) is 10. The highest BCUT2D eigenvalue weighted by atomic mass is 32.1. The van der Waals surface area contributed by atoms with Gasteiger partial charge in [0, 0.05) is 45.8 Å². The molecule has 0 aliphatic carbocycles. The summed E-state index contributed by atoms with van der Waals surface area (Å²) in [7, 11) is 0. The van der Waals surface area contributed by atoms with Crippen LogP contribution in [-0.4, -0.2) is 56.5 Å². The van der Waals surface area contributed by atoms with Gasteiger partial charge in [0.15, 0.2) is 0 Å². The maximum absolute atomic E-state index is 14.2. The fourth-order valence-corrected chi connectivity index (χ4v) is 15.3. The molecule has 2 aromatic heterocycles. The number of hydrogen-bond donors (Lipinski definition) is 0. The normalized spacial score (nSPS) is 14.3. The van der Waals surface area contributed by atoms with Crippen LogP contribution in [0.15, 0.2) is 58.1 Å². The van der Waals surface area contributed by atoms with Crippen LogP contribution in [0.4, 0.5) is 0 Å². The van der Waals surface area contributed by atoms with E-state index in [1.54, 1.807) is 36.4 Å².